The van der Waals surface area contributed by atoms with Crippen LogP contribution < -0.4 is 5.32 Å². The Kier molecular flexibility index (Phi) is 5.90. The van der Waals surface area contributed by atoms with Crippen LogP contribution >= 0.6 is 0 Å². The molecule has 16 heavy (non-hydrogen) atoms. The van der Waals surface area contributed by atoms with Gasteiger partial charge in [-0.3, -0.25) is 9.59 Å². The molecule has 0 aliphatic heterocycles. The summed E-state index contributed by atoms with van der Waals surface area (Å²) in [7, 11) is 1.32. The maximum absolute atomic E-state index is 11.4. The Bertz CT molecular complexity index is 234. The molecular formula is C12H21NO3. The molecule has 92 valence electrons. The molecule has 1 fully saturated rings. The van der Waals surface area contributed by atoms with Crippen LogP contribution in [0.4, 0.5) is 0 Å². The molecule has 0 saturated heterocycles. The van der Waals surface area contributed by atoms with Crippen molar-refractivity contribution in [2.75, 3.05) is 13.7 Å². The predicted octanol–water partition coefficient (Wildman–Crippen LogP) is 1.64. The fourth-order valence-electron chi connectivity index (χ4n) is 2.14. The van der Waals surface area contributed by atoms with Crippen molar-refractivity contribution in [1.82, 2.24) is 5.32 Å². The molecule has 0 aromatic rings. The Balaban J connectivity index is 2.07. The summed E-state index contributed by atoms with van der Waals surface area (Å²) < 4.78 is 4.44. The second kappa shape index (κ2) is 7.25. The smallest absolute Gasteiger partial charge is 0.325 e. The number of amides is 1. The minimum absolute atomic E-state index is 0.0139. The van der Waals surface area contributed by atoms with Crippen LogP contribution in [-0.2, 0) is 14.3 Å². The third-order valence-electron chi connectivity index (χ3n) is 3.16. The Hall–Kier alpha value is -1.06. The third kappa shape index (κ3) is 5.14. The van der Waals surface area contributed by atoms with Gasteiger partial charge >= 0.3 is 5.97 Å². The molecule has 0 bridgehead atoms. The lowest BCUT2D eigenvalue weighted by molar-refractivity contribution is -0.141. The van der Waals surface area contributed by atoms with Crippen LogP contribution in [0.1, 0.15) is 44.9 Å². The second-order valence-electron chi connectivity index (χ2n) is 4.40. The SMILES string of the molecule is COC(=O)CNC(=O)CCC1CCCCC1. The summed E-state index contributed by atoms with van der Waals surface area (Å²) in [6.07, 6.45) is 7.93. The van der Waals surface area contributed by atoms with Gasteiger partial charge in [0.05, 0.1) is 7.11 Å². The molecule has 0 aromatic carbocycles. The minimum atomic E-state index is -0.397. The summed E-state index contributed by atoms with van der Waals surface area (Å²) in [4.78, 5) is 22.2. The van der Waals surface area contributed by atoms with E-state index in [0.717, 1.165) is 6.42 Å². The first-order valence-electron chi connectivity index (χ1n) is 6.06. The number of rotatable bonds is 5. The van der Waals surface area contributed by atoms with Crippen LogP contribution in [0.15, 0.2) is 0 Å². The van der Waals surface area contributed by atoms with E-state index < -0.39 is 5.97 Å². The van der Waals surface area contributed by atoms with Gasteiger partial charge in [-0.2, -0.15) is 0 Å². The van der Waals surface area contributed by atoms with Crippen LogP contribution in [-0.4, -0.2) is 25.5 Å². The van der Waals surface area contributed by atoms with E-state index in [1.54, 1.807) is 0 Å². The molecule has 0 radical (unpaired) electrons. The number of hydrogen-bond acceptors (Lipinski definition) is 3. The molecule has 0 atom stereocenters. The van der Waals surface area contributed by atoms with E-state index >= 15 is 0 Å². The summed E-state index contributed by atoms with van der Waals surface area (Å²) in [6.45, 7) is -0.0139. The number of methoxy groups -OCH3 is 1. The number of hydrogen-bond donors (Lipinski definition) is 1. The second-order valence-corrected chi connectivity index (χ2v) is 4.40. The van der Waals surface area contributed by atoms with Crippen molar-refractivity contribution < 1.29 is 14.3 Å². The highest BCUT2D eigenvalue weighted by Gasteiger charge is 2.14. The highest BCUT2D eigenvalue weighted by Crippen LogP contribution is 2.26. The maximum Gasteiger partial charge on any atom is 0.325 e. The van der Waals surface area contributed by atoms with E-state index in [1.165, 1.54) is 39.2 Å². The molecule has 1 saturated carbocycles. The van der Waals surface area contributed by atoms with Gasteiger partial charge in [-0.15, -0.1) is 0 Å². The Morgan fingerprint density at radius 3 is 2.56 bits per heavy atom. The lowest BCUT2D eigenvalue weighted by Gasteiger charge is -2.20. The predicted molar refractivity (Wildman–Crippen MR) is 60.8 cm³/mol. The Labute approximate surface area is 96.7 Å². The zero-order valence-corrected chi connectivity index (χ0v) is 9.96. The first-order valence-corrected chi connectivity index (χ1v) is 6.06. The highest BCUT2D eigenvalue weighted by molar-refractivity contribution is 5.81. The lowest BCUT2D eigenvalue weighted by atomic mass is 9.86. The standard InChI is InChI=1S/C12H21NO3/c1-16-12(15)9-13-11(14)8-7-10-5-3-2-4-6-10/h10H,2-9H2,1H3,(H,13,14). The van der Waals surface area contributed by atoms with E-state index in [-0.39, 0.29) is 12.5 Å². The van der Waals surface area contributed by atoms with Crippen LogP contribution in [0.25, 0.3) is 0 Å². The van der Waals surface area contributed by atoms with Crippen LogP contribution in [0.3, 0.4) is 0 Å². The van der Waals surface area contributed by atoms with Crippen molar-refractivity contribution in [3.8, 4) is 0 Å². The van der Waals surface area contributed by atoms with E-state index in [9.17, 15) is 9.59 Å². The highest BCUT2D eigenvalue weighted by atomic mass is 16.5. The normalized spacial score (nSPS) is 16.8. The summed E-state index contributed by atoms with van der Waals surface area (Å²) in [5.74, 6) is 0.264. The Morgan fingerprint density at radius 2 is 1.94 bits per heavy atom. The molecule has 1 amide bonds. The van der Waals surface area contributed by atoms with Crippen molar-refractivity contribution in [1.29, 1.82) is 0 Å². The fourth-order valence-corrected chi connectivity index (χ4v) is 2.14. The van der Waals surface area contributed by atoms with Gasteiger partial charge in [0.1, 0.15) is 6.54 Å². The van der Waals surface area contributed by atoms with Crippen molar-refractivity contribution in [2.45, 2.75) is 44.9 Å². The van der Waals surface area contributed by atoms with Crippen molar-refractivity contribution >= 4 is 11.9 Å². The van der Waals surface area contributed by atoms with Crippen molar-refractivity contribution in [3.63, 3.8) is 0 Å². The lowest BCUT2D eigenvalue weighted by Crippen LogP contribution is -2.30. The number of ether oxygens (including phenoxy) is 1. The van der Waals surface area contributed by atoms with E-state index in [2.05, 4.69) is 10.1 Å². The van der Waals surface area contributed by atoms with E-state index in [1.807, 2.05) is 0 Å². The molecule has 4 heteroatoms. The van der Waals surface area contributed by atoms with Crippen LogP contribution in [0.2, 0.25) is 0 Å². The zero-order chi connectivity index (χ0) is 11.8. The van der Waals surface area contributed by atoms with Crippen LogP contribution in [0.5, 0.6) is 0 Å². The van der Waals surface area contributed by atoms with Gasteiger partial charge in [-0.1, -0.05) is 32.1 Å². The molecule has 0 spiro atoms. The summed E-state index contributed by atoms with van der Waals surface area (Å²) in [6, 6.07) is 0. The molecule has 1 aliphatic carbocycles. The van der Waals surface area contributed by atoms with Gasteiger partial charge in [0, 0.05) is 6.42 Å². The van der Waals surface area contributed by atoms with E-state index in [0.29, 0.717) is 12.3 Å². The minimum Gasteiger partial charge on any atom is -0.468 e. The summed E-state index contributed by atoms with van der Waals surface area (Å²) in [5, 5.41) is 2.56. The molecular weight excluding hydrogens is 206 g/mol. The van der Waals surface area contributed by atoms with Gasteiger partial charge < -0.3 is 10.1 Å². The molecule has 0 unspecified atom stereocenters. The van der Waals surface area contributed by atoms with Crippen molar-refractivity contribution in [3.05, 3.63) is 0 Å². The third-order valence-corrected chi connectivity index (χ3v) is 3.16. The van der Waals surface area contributed by atoms with Gasteiger partial charge in [0.15, 0.2) is 0 Å². The van der Waals surface area contributed by atoms with Crippen LogP contribution in [0, 0.1) is 5.92 Å². The zero-order valence-electron chi connectivity index (χ0n) is 9.96. The van der Waals surface area contributed by atoms with Gasteiger partial charge in [-0.25, -0.2) is 0 Å². The molecule has 1 aliphatic rings. The first kappa shape index (κ1) is 13.0. The largest absolute Gasteiger partial charge is 0.468 e. The molecule has 4 nitrogen and oxygen atoms in total. The average molecular weight is 227 g/mol. The quantitative estimate of drug-likeness (QED) is 0.726. The monoisotopic (exact) mass is 227 g/mol. The number of nitrogens with one attached hydrogen (secondary N) is 1. The summed E-state index contributed by atoms with van der Waals surface area (Å²) >= 11 is 0. The molecule has 1 rings (SSSR count). The summed E-state index contributed by atoms with van der Waals surface area (Å²) in [5.41, 5.74) is 0. The molecule has 0 aromatic heterocycles. The number of carbonyl (C=O) groups excluding carboxylic acids is 2. The fraction of sp³-hybridized carbons (Fsp3) is 0.833. The number of esters is 1. The first-order chi connectivity index (χ1) is 7.72. The van der Waals surface area contributed by atoms with Crippen molar-refractivity contribution in [2.24, 2.45) is 5.92 Å². The average Bonchev–Trinajstić information content (AvgIpc) is 2.34. The maximum atomic E-state index is 11.4. The van der Waals surface area contributed by atoms with Gasteiger partial charge in [0.25, 0.3) is 0 Å². The number of carbonyl (C=O) groups is 2. The molecule has 0 heterocycles. The van der Waals surface area contributed by atoms with Gasteiger partial charge in [0.2, 0.25) is 5.91 Å². The molecule has 1 N–H and O–H groups in total. The van der Waals surface area contributed by atoms with E-state index in [4.69, 9.17) is 0 Å². The van der Waals surface area contributed by atoms with Gasteiger partial charge in [-0.05, 0) is 12.3 Å². The Morgan fingerprint density at radius 1 is 1.25 bits per heavy atom. The topological polar surface area (TPSA) is 55.4 Å².